The molecule has 0 amide bonds. The number of benzene rings is 1. The topological polar surface area (TPSA) is 52.2 Å². The first-order valence-electron chi connectivity index (χ1n) is 9.90. The predicted molar refractivity (Wildman–Crippen MR) is 115 cm³/mol. The van der Waals surface area contributed by atoms with Gasteiger partial charge >= 0.3 is 0 Å². The Morgan fingerprint density at radius 3 is 2.82 bits per heavy atom. The van der Waals surface area contributed by atoms with Crippen molar-refractivity contribution >= 4 is 17.5 Å². The van der Waals surface area contributed by atoms with Gasteiger partial charge in [0.1, 0.15) is 0 Å². The van der Waals surface area contributed by atoms with Crippen LogP contribution < -0.4 is 5.56 Å². The Hall–Kier alpha value is -2.34. The summed E-state index contributed by atoms with van der Waals surface area (Å²) in [6.07, 6.45) is 4.50. The van der Waals surface area contributed by atoms with Crippen LogP contribution in [0.15, 0.2) is 46.9 Å². The van der Waals surface area contributed by atoms with Crippen molar-refractivity contribution < 1.29 is 0 Å². The minimum absolute atomic E-state index is 0.0211. The molecule has 28 heavy (non-hydrogen) atoms. The minimum atomic E-state index is -0.234. The Morgan fingerprint density at radius 1 is 1.32 bits per heavy atom. The van der Waals surface area contributed by atoms with Crippen LogP contribution in [0.4, 0.5) is 0 Å². The van der Waals surface area contributed by atoms with Crippen LogP contribution >= 0.6 is 11.8 Å². The largest absolute Gasteiger partial charge is 0.268 e. The van der Waals surface area contributed by atoms with Crippen LogP contribution in [0.2, 0.25) is 0 Å². The minimum Gasteiger partial charge on any atom is -0.268 e. The molecule has 0 spiro atoms. The van der Waals surface area contributed by atoms with Crippen molar-refractivity contribution in [1.29, 1.82) is 0 Å². The van der Waals surface area contributed by atoms with E-state index in [1.54, 1.807) is 4.40 Å². The molecule has 3 aromatic rings. The van der Waals surface area contributed by atoms with E-state index in [0.717, 1.165) is 42.6 Å². The summed E-state index contributed by atoms with van der Waals surface area (Å²) in [6.45, 7) is 11.0. The first-order valence-corrected chi connectivity index (χ1v) is 10.9. The van der Waals surface area contributed by atoms with Gasteiger partial charge in [0.05, 0.1) is 11.3 Å². The molecule has 1 aromatic carbocycles. The molecule has 2 aromatic heterocycles. The highest BCUT2D eigenvalue weighted by Crippen LogP contribution is 2.42. The molecule has 4 rings (SSSR count). The molecule has 146 valence electrons. The number of rotatable bonds is 6. The van der Waals surface area contributed by atoms with Gasteiger partial charge in [-0.05, 0) is 24.8 Å². The molecule has 2 heterocycles. The Balaban J connectivity index is 2.09. The molecule has 0 bridgehead atoms. The summed E-state index contributed by atoms with van der Waals surface area (Å²) in [5.74, 6) is 1.34. The molecule has 1 aliphatic carbocycles. The number of hydrogen-bond acceptors (Lipinski definition) is 4. The molecule has 0 fully saturated rings. The van der Waals surface area contributed by atoms with E-state index in [9.17, 15) is 4.79 Å². The van der Waals surface area contributed by atoms with Gasteiger partial charge < -0.3 is 0 Å². The molecule has 0 radical (unpaired) electrons. The highest BCUT2D eigenvalue weighted by molar-refractivity contribution is 7.99. The highest BCUT2D eigenvalue weighted by Gasteiger charge is 2.38. The second-order valence-electron chi connectivity index (χ2n) is 7.63. The van der Waals surface area contributed by atoms with Crippen LogP contribution in [0, 0.1) is 0 Å². The lowest BCUT2D eigenvalue weighted by Gasteiger charge is -2.35. The fraction of sp³-hybridized carbons (Fsp3) is 0.409. The van der Waals surface area contributed by atoms with E-state index in [4.69, 9.17) is 10.1 Å². The normalized spacial score (nSPS) is 18.1. The lowest BCUT2D eigenvalue weighted by Crippen LogP contribution is -2.37. The quantitative estimate of drug-likeness (QED) is 0.457. The number of hydrogen-bond donors (Lipinski definition) is 0. The number of thioether (sulfide) groups is 1. The lowest BCUT2D eigenvalue weighted by molar-refractivity contribution is 0.439. The summed E-state index contributed by atoms with van der Waals surface area (Å²) in [6, 6.07) is 8.33. The Labute approximate surface area is 169 Å². The maximum absolute atomic E-state index is 13.8. The molecule has 0 unspecified atom stereocenters. The van der Waals surface area contributed by atoms with Crippen molar-refractivity contribution in [1.82, 2.24) is 19.2 Å². The molecular weight excluding hydrogens is 368 g/mol. The molecule has 0 saturated heterocycles. The second kappa shape index (κ2) is 7.24. The van der Waals surface area contributed by atoms with E-state index in [1.807, 2.05) is 16.8 Å². The Bertz CT molecular complexity index is 1110. The molecule has 0 N–H and O–H groups in total. The van der Waals surface area contributed by atoms with Crippen molar-refractivity contribution in [3.63, 3.8) is 0 Å². The summed E-state index contributed by atoms with van der Waals surface area (Å²) in [4.78, 5) is 18.8. The first kappa shape index (κ1) is 19.0. The Morgan fingerprint density at radius 2 is 2.11 bits per heavy atom. The maximum Gasteiger partial charge on any atom is 0.265 e. The summed E-state index contributed by atoms with van der Waals surface area (Å²) in [5.41, 5.74) is 3.78. The van der Waals surface area contributed by atoms with Gasteiger partial charge in [-0.1, -0.05) is 62.9 Å². The van der Waals surface area contributed by atoms with Crippen LogP contribution in [-0.2, 0) is 18.4 Å². The van der Waals surface area contributed by atoms with E-state index in [-0.39, 0.29) is 11.0 Å². The summed E-state index contributed by atoms with van der Waals surface area (Å²) < 4.78 is 3.58. The van der Waals surface area contributed by atoms with Crippen LogP contribution in [0.1, 0.15) is 44.7 Å². The summed E-state index contributed by atoms with van der Waals surface area (Å²) in [5, 5.41) is 5.41. The zero-order chi connectivity index (χ0) is 19.9. The average Bonchev–Trinajstić information content (AvgIpc) is 3.04. The van der Waals surface area contributed by atoms with Crippen molar-refractivity contribution in [2.45, 2.75) is 57.1 Å². The van der Waals surface area contributed by atoms with Gasteiger partial charge in [-0.3, -0.25) is 4.79 Å². The van der Waals surface area contributed by atoms with Gasteiger partial charge in [-0.2, -0.15) is 0 Å². The molecule has 0 aliphatic heterocycles. The molecule has 6 heteroatoms. The summed E-state index contributed by atoms with van der Waals surface area (Å²) in [7, 11) is 0. The standard InChI is InChI=1S/C22H26N4OS/c1-5-12-25-20-23-18-16-11-9-8-10-15(16)14-22(4,7-3)17(18)19(27)26(20)21(24-25)28-13-6-2/h6,8-11H,2,5,7,12-14H2,1,3-4H3/t22-/m1/s1. The third-order valence-corrected chi connectivity index (χ3v) is 6.62. The van der Waals surface area contributed by atoms with Crippen LogP contribution in [0.25, 0.3) is 17.0 Å². The van der Waals surface area contributed by atoms with E-state index in [2.05, 4.69) is 45.5 Å². The number of aryl methyl sites for hydroxylation is 1. The Kier molecular flexibility index (Phi) is 4.91. The van der Waals surface area contributed by atoms with Gasteiger partial charge in [0.15, 0.2) is 5.16 Å². The SMILES string of the molecule is C=CCSc1nn(CCC)c2nc3c(c(=O)n12)[C@](C)(CC)Cc1ccccc1-3. The second-order valence-corrected chi connectivity index (χ2v) is 8.62. The lowest BCUT2D eigenvalue weighted by atomic mass is 9.69. The van der Waals surface area contributed by atoms with Crippen LogP contribution in [0.3, 0.4) is 0 Å². The third-order valence-electron chi connectivity index (χ3n) is 5.70. The predicted octanol–water partition coefficient (Wildman–Crippen LogP) is 4.47. The third kappa shape index (κ3) is 2.82. The molecular formula is C22H26N4OS. The highest BCUT2D eigenvalue weighted by atomic mass is 32.2. The zero-order valence-electron chi connectivity index (χ0n) is 16.7. The fourth-order valence-corrected chi connectivity index (χ4v) is 4.81. The van der Waals surface area contributed by atoms with E-state index < -0.39 is 0 Å². The van der Waals surface area contributed by atoms with Gasteiger partial charge in [0.2, 0.25) is 5.78 Å². The van der Waals surface area contributed by atoms with Crippen molar-refractivity contribution in [2.24, 2.45) is 0 Å². The van der Waals surface area contributed by atoms with E-state index in [1.165, 1.54) is 17.3 Å². The van der Waals surface area contributed by atoms with E-state index >= 15 is 0 Å². The van der Waals surface area contributed by atoms with Crippen molar-refractivity contribution in [3.05, 3.63) is 58.4 Å². The van der Waals surface area contributed by atoms with Gasteiger partial charge in [-0.15, -0.1) is 11.7 Å². The number of aromatic nitrogens is 4. The maximum atomic E-state index is 13.8. The fourth-order valence-electron chi connectivity index (χ4n) is 4.09. The van der Waals surface area contributed by atoms with Crippen molar-refractivity contribution in [3.8, 4) is 11.3 Å². The van der Waals surface area contributed by atoms with Gasteiger partial charge in [-0.25, -0.2) is 14.1 Å². The first-order chi connectivity index (χ1) is 13.5. The van der Waals surface area contributed by atoms with Gasteiger partial charge in [0, 0.05) is 23.3 Å². The number of fused-ring (bicyclic) bond motifs is 4. The zero-order valence-corrected chi connectivity index (χ0v) is 17.6. The van der Waals surface area contributed by atoms with E-state index in [0.29, 0.717) is 16.7 Å². The summed E-state index contributed by atoms with van der Waals surface area (Å²) >= 11 is 1.53. The van der Waals surface area contributed by atoms with Crippen molar-refractivity contribution in [2.75, 3.05) is 5.75 Å². The molecule has 5 nitrogen and oxygen atoms in total. The smallest absolute Gasteiger partial charge is 0.265 e. The van der Waals surface area contributed by atoms with Crippen LogP contribution in [0.5, 0.6) is 0 Å². The number of nitrogens with zero attached hydrogens (tertiary/aromatic N) is 4. The van der Waals surface area contributed by atoms with Gasteiger partial charge in [0.25, 0.3) is 5.56 Å². The molecule has 1 aliphatic rings. The van der Waals surface area contributed by atoms with Crippen LogP contribution in [-0.4, -0.2) is 24.9 Å². The molecule has 1 atom stereocenters. The monoisotopic (exact) mass is 394 g/mol. The average molecular weight is 395 g/mol. The molecule has 0 saturated carbocycles.